The molecule has 5 nitrogen and oxygen atoms in total. The number of benzene rings is 1. The molecule has 0 radical (unpaired) electrons. The van der Waals surface area contributed by atoms with Crippen LogP contribution in [-0.2, 0) is 22.7 Å². The Balaban J connectivity index is 2.44. The summed E-state index contributed by atoms with van der Waals surface area (Å²) in [6.07, 6.45) is 0. The van der Waals surface area contributed by atoms with E-state index in [1.54, 1.807) is 6.07 Å². The largest absolute Gasteiger partial charge is 0.423 e. The first-order chi connectivity index (χ1) is 8.08. The summed E-state index contributed by atoms with van der Waals surface area (Å²) in [5, 5.41) is 3.15. The SMILES string of the molecule is CC(=O)Oc1ccc2c(c1OC(C)=O)CNC2. The molecule has 0 bridgehead atoms. The van der Waals surface area contributed by atoms with E-state index in [1.165, 1.54) is 13.8 Å². The van der Waals surface area contributed by atoms with Crippen LogP contribution in [0.1, 0.15) is 25.0 Å². The Hall–Kier alpha value is -1.88. The van der Waals surface area contributed by atoms with Crippen molar-refractivity contribution in [3.63, 3.8) is 0 Å². The van der Waals surface area contributed by atoms with Crippen LogP contribution in [0.25, 0.3) is 0 Å². The molecule has 0 aromatic heterocycles. The van der Waals surface area contributed by atoms with E-state index >= 15 is 0 Å². The van der Waals surface area contributed by atoms with E-state index in [2.05, 4.69) is 5.32 Å². The van der Waals surface area contributed by atoms with E-state index in [1.807, 2.05) is 6.07 Å². The zero-order chi connectivity index (χ0) is 12.4. The van der Waals surface area contributed by atoms with E-state index in [9.17, 15) is 9.59 Å². The molecule has 0 atom stereocenters. The fourth-order valence-electron chi connectivity index (χ4n) is 1.82. The van der Waals surface area contributed by atoms with E-state index in [-0.39, 0.29) is 5.75 Å². The predicted octanol–water partition coefficient (Wildman–Crippen LogP) is 1.14. The van der Waals surface area contributed by atoms with Gasteiger partial charge in [-0.3, -0.25) is 9.59 Å². The highest BCUT2D eigenvalue weighted by molar-refractivity contribution is 5.75. The molecule has 1 heterocycles. The van der Waals surface area contributed by atoms with Crippen molar-refractivity contribution in [1.29, 1.82) is 0 Å². The Bertz CT molecular complexity index is 482. The summed E-state index contributed by atoms with van der Waals surface area (Å²) >= 11 is 0. The minimum Gasteiger partial charge on any atom is -0.423 e. The minimum absolute atomic E-state index is 0.287. The Morgan fingerprint density at radius 2 is 1.82 bits per heavy atom. The third-order valence-corrected chi connectivity index (χ3v) is 2.44. The van der Waals surface area contributed by atoms with Crippen LogP contribution in [-0.4, -0.2) is 11.9 Å². The predicted molar refractivity (Wildman–Crippen MR) is 59.6 cm³/mol. The fourth-order valence-corrected chi connectivity index (χ4v) is 1.82. The van der Waals surface area contributed by atoms with Crippen LogP contribution in [0, 0.1) is 0 Å². The van der Waals surface area contributed by atoms with Crippen molar-refractivity contribution in [2.45, 2.75) is 26.9 Å². The quantitative estimate of drug-likeness (QED) is 0.615. The molecule has 5 heteroatoms. The number of nitrogens with one attached hydrogen (secondary N) is 1. The van der Waals surface area contributed by atoms with Gasteiger partial charge < -0.3 is 14.8 Å². The van der Waals surface area contributed by atoms with Gasteiger partial charge in [-0.05, 0) is 11.6 Å². The summed E-state index contributed by atoms with van der Waals surface area (Å²) in [6, 6.07) is 3.51. The molecule has 2 rings (SSSR count). The molecule has 0 aliphatic carbocycles. The van der Waals surface area contributed by atoms with Crippen LogP contribution in [0.4, 0.5) is 0 Å². The highest BCUT2D eigenvalue weighted by atomic mass is 16.6. The lowest BCUT2D eigenvalue weighted by Crippen LogP contribution is -2.09. The molecule has 1 N–H and O–H groups in total. The van der Waals surface area contributed by atoms with Gasteiger partial charge in [0.15, 0.2) is 11.5 Å². The number of carbonyl (C=O) groups is 2. The first kappa shape index (κ1) is 11.6. The fraction of sp³-hybridized carbons (Fsp3) is 0.333. The van der Waals surface area contributed by atoms with Crippen molar-refractivity contribution in [2.24, 2.45) is 0 Å². The number of carbonyl (C=O) groups excluding carboxylic acids is 2. The van der Waals surface area contributed by atoms with Crippen molar-refractivity contribution in [1.82, 2.24) is 5.32 Å². The van der Waals surface area contributed by atoms with Crippen molar-refractivity contribution in [3.05, 3.63) is 23.3 Å². The van der Waals surface area contributed by atoms with Crippen molar-refractivity contribution in [2.75, 3.05) is 0 Å². The van der Waals surface area contributed by atoms with Crippen LogP contribution < -0.4 is 14.8 Å². The average Bonchev–Trinajstić information content (AvgIpc) is 2.68. The van der Waals surface area contributed by atoms with E-state index < -0.39 is 11.9 Å². The molecule has 0 spiro atoms. The molecule has 0 saturated carbocycles. The zero-order valence-electron chi connectivity index (χ0n) is 9.70. The van der Waals surface area contributed by atoms with Gasteiger partial charge in [0.2, 0.25) is 0 Å². The molecule has 1 aliphatic rings. The van der Waals surface area contributed by atoms with Gasteiger partial charge in [0.25, 0.3) is 0 Å². The molecule has 1 aliphatic heterocycles. The zero-order valence-corrected chi connectivity index (χ0v) is 9.70. The molecule has 17 heavy (non-hydrogen) atoms. The van der Waals surface area contributed by atoms with Gasteiger partial charge >= 0.3 is 11.9 Å². The summed E-state index contributed by atoms with van der Waals surface area (Å²) in [4.78, 5) is 22.0. The Labute approximate surface area is 98.7 Å². The van der Waals surface area contributed by atoms with Gasteiger partial charge in [0.05, 0.1) is 0 Å². The molecule has 0 fully saturated rings. The lowest BCUT2D eigenvalue weighted by Gasteiger charge is -2.12. The summed E-state index contributed by atoms with van der Waals surface area (Å²) in [5.74, 6) is -0.242. The first-order valence-corrected chi connectivity index (χ1v) is 5.30. The number of ether oxygens (including phenoxy) is 2. The molecule has 1 aromatic rings. The van der Waals surface area contributed by atoms with Crippen LogP contribution in [0.3, 0.4) is 0 Å². The van der Waals surface area contributed by atoms with Gasteiger partial charge in [0.1, 0.15) is 0 Å². The van der Waals surface area contributed by atoms with Gasteiger partial charge in [-0.1, -0.05) is 6.07 Å². The molecular formula is C12H13NO4. The third-order valence-electron chi connectivity index (χ3n) is 2.44. The highest BCUT2D eigenvalue weighted by Gasteiger charge is 2.21. The molecule has 0 unspecified atom stereocenters. The normalized spacial score (nSPS) is 13.1. The molecule has 0 amide bonds. The highest BCUT2D eigenvalue weighted by Crippen LogP contribution is 2.36. The Kier molecular flexibility index (Phi) is 3.10. The lowest BCUT2D eigenvalue weighted by atomic mass is 10.1. The molecule has 1 aromatic carbocycles. The summed E-state index contributed by atoms with van der Waals surface area (Å²) in [6.45, 7) is 3.96. The average molecular weight is 235 g/mol. The summed E-state index contributed by atoms with van der Waals surface area (Å²) in [5.41, 5.74) is 1.93. The Morgan fingerprint density at radius 1 is 1.12 bits per heavy atom. The topological polar surface area (TPSA) is 64.6 Å². The second kappa shape index (κ2) is 4.55. The smallest absolute Gasteiger partial charge is 0.308 e. The number of rotatable bonds is 2. The number of hydrogen-bond donors (Lipinski definition) is 1. The maximum atomic E-state index is 11.1. The van der Waals surface area contributed by atoms with Gasteiger partial charge in [-0.25, -0.2) is 0 Å². The van der Waals surface area contributed by atoms with E-state index in [0.717, 1.165) is 17.7 Å². The summed E-state index contributed by atoms with van der Waals surface area (Å²) < 4.78 is 10.2. The maximum absolute atomic E-state index is 11.1. The number of esters is 2. The second-order valence-corrected chi connectivity index (χ2v) is 3.82. The van der Waals surface area contributed by atoms with Crippen molar-refractivity contribution >= 4 is 11.9 Å². The molecular weight excluding hydrogens is 222 g/mol. The minimum atomic E-state index is -0.440. The maximum Gasteiger partial charge on any atom is 0.308 e. The van der Waals surface area contributed by atoms with Crippen LogP contribution in [0.2, 0.25) is 0 Å². The van der Waals surface area contributed by atoms with Gasteiger partial charge in [-0.15, -0.1) is 0 Å². The monoisotopic (exact) mass is 235 g/mol. The third kappa shape index (κ3) is 2.45. The lowest BCUT2D eigenvalue weighted by molar-refractivity contribution is -0.134. The van der Waals surface area contributed by atoms with E-state index in [0.29, 0.717) is 12.3 Å². The standard InChI is InChI=1S/C12H13NO4/c1-7(14)16-11-4-3-9-5-13-6-10(9)12(11)17-8(2)15/h3-4,13H,5-6H2,1-2H3. The van der Waals surface area contributed by atoms with E-state index in [4.69, 9.17) is 9.47 Å². The molecule has 90 valence electrons. The Morgan fingerprint density at radius 3 is 2.47 bits per heavy atom. The molecule has 0 saturated heterocycles. The summed E-state index contributed by atoms with van der Waals surface area (Å²) in [7, 11) is 0. The van der Waals surface area contributed by atoms with Crippen LogP contribution in [0.15, 0.2) is 12.1 Å². The number of fused-ring (bicyclic) bond motifs is 1. The van der Waals surface area contributed by atoms with Gasteiger partial charge in [0, 0.05) is 32.5 Å². The van der Waals surface area contributed by atoms with Crippen molar-refractivity contribution in [3.8, 4) is 11.5 Å². The van der Waals surface area contributed by atoms with Crippen LogP contribution >= 0.6 is 0 Å². The van der Waals surface area contributed by atoms with Gasteiger partial charge in [-0.2, -0.15) is 0 Å². The second-order valence-electron chi connectivity index (χ2n) is 3.82. The first-order valence-electron chi connectivity index (χ1n) is 5.30. The number of hydrogen-bond acceptors (Lipinski definition) is 5. The van der Waals surface area contributed by atoms with Crippen LogP contribution in [0.5, 0.6) is 11.5 Å². The van der Waals surface area contributed by atoms with Crippen molar-refractivity contribution < 1.29 is 19.1 Å².